The minimum atomic E-state index is -0.0479. The molecule has 0 saturated carbocycles. The summed E-state index contributed by atoms with van der Waals surface area (Å²) in [4.78, 5) is 34.5. The lowest BCUT2D eigenvalue weighted by Gasteiger charge is -2.20. The van der Waals surface area contributed by atoms with Gasteiger partial charge in [0.05, 0.1) is 35.0 Å². The normalized spacial score (nSPS) is 16.1. The SMILES string of the molecule is Cc1ncc(-c2nc(Nc3ccc(C(=O)N4CC[C@H](N(C)C)C4)nc3)ncc2Cl)n1C(C)C. The van der Waals surface area contributed by atoms with Crippen LogP contribution in [0.25, 0.3) is 11.4 Å². The fourth-order valence-electron chi connectivity index (χ4n) is 4.12. The summed E-state index contributed by atoms with van der Waals surface area (Å²) >= 11 is 6.42. The Labute approximate surface area is 198 Å². The van der Waals surface area contributed by atoms with Crippen LogP contribution in [0.2, 0.25) is 5.02 Å². The first kappa shape index (κ1) is 23.1. The van der Waals surface area contributed by atoms with Crippen LogP contribution in [0.4, 0.5) is 11.6 Å². The van der Waals surface area contributed by atoms with Gasteiger partial charge < -0.3 is 19.7 Å². The lowest BCUT2D eigenvalue weighted by molar-refractivity contribution is 0.0777. The first-order valence-electron chi connectivity index (χ1n) is 11.0. The third kappa shape index (κ3) is 4.84. The van der Waals surface area contributed by atoms with E-state index in [2.05, 4.69) is 48.6 Å². The van der Waals surface area contributed by atoms with Crippen LogP contribution < -0.4 is 5.32 Å². The summed E-state index contributed by atoms with van der Waals surface area (Å²) < 4.78 is 2.08. The summed E-state index contributed by atoms with van der Waals surface area (Å²) in [6.45, 7) is 7.60. The molecule has 0 bridgehead atoms. The van der Waals surface area contributed by atoms with E-state index < -0.39 is 0 Å². The molecule has 1 amide bonds. The van der Waals surface area contributed by atoms with Gasteiger partial charge in [0, 0.05) is 25.2 Å². The molecule has 0 spiro atoms. The highest BCUT2D eigenvalue weighted by molar-refractivity contribution is 6.32. The number of aryl methyl sites for hydroxylation is 1. The Morgan fingerprint density at radius 2 is 1.97 bits per heavy atom. The number of likely N-dealkylation sites (tertiary alicyclic amines) is 1. The predicted octanol–water partition coefficient (Wildman–Crippen LogP) is 3.80. The lowest BCUT2D eigenvalue weighted by atomic mass is 10.2. The smallest absolute Gasteiger partial charge is 0.272 e. The fourth-order valence-corrected chi connectivity index (χ4v) is 4.31. The molecule has 0 aliphatic carbocycles. The van der Waals surface area contributed by atoms with E-state index in [1.807, 2.05) is 25.9 Å². The van der Waals surface area contributed by atoms with E-state index in [1.165, 1.54) is 0 Å². The number of aromatic nitrogens is 5. The largest absolute Gasteiger partial charge is 0.336 e. The van der Waals surface area contributed by atoms with Gasteiger partial charge in [-0.25, -0.2) is 19.9 Å². The third-order valence-corrected chi connectivity index (χ3v) is 6.18. The Hall–Kier alpha value is -3.04. The number of amides is 1. The van der Waals surface area contributed by atoms with Crippen LogP contribution in [0.3, 0.4) is 0 Å². The molecule has 1 atom stereocenters. The average Bonchev–Trinajstić information content (AvgIpc) is 3.42. The van der Waals surface area contributed by atoms with Gasteiger partial charge in [0.2, 0.25) is 5.95 Å². The zero-order valence-electron chi connectivity index (χ0n) is 19.6. The topological polar surface area (TPSA) is 92.1 Å². The molecule has 4 heterocycles. The van der Waals surface area contributed by atoms with Gasteiger partial charge in [-0.2, -0.15) is 0 Å². The number of hydrogen-bond acceptors (Lipinski definition) is 7. The van der Waals surface area contributed by atoms with Crippen molar-refractivity contribution in [3.05, 3.63) is 47.3 Å². The first-order chi connectivity index (χ1) is 15.7. The van der Waals surface area contributed by atoms with E-state index in [0.29, 0.717) is 34.1 Å². The van der Waals surface area contributed by atoms with Crippen molar-refractivity contribution in [2.75, 3.05) is 32.5 Å². The van der Waals surface area contributed by atoms with Crippen LogP contribution in [-0.4, -0.2) is 73.4 Å². The van der Waals surface area contributed by atoms with Gasteiger partial charge >= 0.3 is 0 Å². The first-order valence-corrected chi connectivity index (χ1v) is 11.4. The fraction of sp³-hybridized carbons (Fsp3) is 0.435. The average molecular weight is 469 g/mol. The molecule has 0 aromatic carbocycles. The van der Waals surface area contributed by atoms with Crippen LogP contribution in [0, 0.1) is 6.92 Å². The molecule has 1 aliphatic heterocycles. The van der Waals surface area contributed by atoms with Crippen molar-refractivity contribution < 1.29 is 4.79 Å². The number of nitrogens with one attached hydrogen (secondary N) is 1. The van der Waals surface area contributed by atoms with E-state index in [0.717, 1.165) is 31.0 Å². The Balaban J connectivity index is 1.50. The van der Waals surface area contributed by atoms with Crippen molar-refractivity contribution >= 4 is 29.1 Å². The van der Waals surface area contributed by atoms with Gasteiger partial charge in [-0.15, -0.1) is 0 Å². The van der Waals surface area contributed by atoms with Gasteiger partial charge in [0.15, 0.2) is 0 Å². The number of hydrogen-bond donors (Lipinski definition) is 1. The number of carbonyl (C=O) groups excluding carboxylic acids is 1. The molecule has 10 heteroatoms. The molecule has 33 heavy (non-hydrogen) atoms. The van der Waals surface area contributed by atoms with Gasteiger partial charge in [-0.1, -0.05) is 11.6 Å². The van der Waals surface area contributed by atoms with E-state index in [4.69, 9.17) is 11.6 Å². The molecule has 0 radical (unpaired) electrons. The van der Waals surface area contributed by atoms with Crippen molar-refractivity contribution in [1.29, 1.82) is 0 Å². The van der Waals surface area contributed by atoms with Crippen LogP contribution in [-0.2, 0) is 0 Å². The zero-order valence-corrected chi connectivity index (χ0v) is 20.3. The Kier molecular flexibility index (Phi) is 6.62. The van der Waals surface area contributed by atoms with Gasteiger partial charge in [-0.05, 0) is 53.4 Å². The summed E-state index contributed by atoms with van der Waals surface area (Å²) in [5.74, 6) is 1.23. The zero-order chi connectivity index (χ0) is 23.7. The predicted molar refractivity (Wildman–Crippen MR) is 129 cm³/mol. The number of imidazole rings is 1. The third-order valence-electron chi connectivity index (χ3n) is 5.90. The highest BCUT2D eigenvalue weighted by atomic mass is 35.5. The standard InChI is InChI=1S/C23H29ClN8O/c1-14(2)32-15(3)25-12-20(32)21-18(24)11-27-23(29-21)28-16-6-7-19(26-10-16)22(33)31-9-8-17(13-31)30(4)5/h6-7,10-12,14,17H,8-9,13H2,1-5H3,(H,27,28,29)/t17-/m0/s1. The molecule has 3 aromatic heterocycles. The number of anilines is 2. The Morgan fingerprint density at radius 1 is 1.18 bits per heavy atom. The van der Waals surface area contributed by atoms with E-state index in [-0.39, 0.29) is 11.9 Å². The number of rotatable bonds is 6. The van der Waals surface area contributed by atoms with Gasteiger partial charge in [0.1, 0.15) is 17.2 Å². The van der Waals surface area contributed by atoms with Crippen molar-refractivity contribution in [1.82, 2.24) is 34.3 Å². The number of pyridine rings is 1. The molecule has 1 saturated heterocycles. The summed E-state index contributed by atoms with van der Waals surface area (Å²) in [5, 5.41) is 3.60. The van der Waals surface area contributed by atoms with E-state index in [9.17, 15) is 4.79 Å². The van der Waals surface area contributed by atoms with E-state index in [1.54, 1.807) is 30.7 Å². The monoisotopic (exact) mass is 468 g/mol. The van der Waals surface area contributed by atoms with Crippen LogP contribution >= 0.6 is 11.6 Å². The maximum Gasteiger partial charge on any atom is 0.272 e. The van der Waals surface area contributed by atoms with Crippen molar-refractivity contribution in [2.45, 2.75) is 39.3 Å². The molecule has 9 nitrogen and oxygen atoms in total. The summed E-state index contributed by atoms with van der Waals surface area (Å²) in [7, 11) is 4.08. The maximum absolute atomic E-state index is 12.8. The molecule has 4 rings (SSSR count). The number of halogens is 1. The second kappa shape index (κ2) is 9.44. The molecular weight excluding hydrogens is 440 g/mol. The Bertz CT molecular complexity index is 1140. The molecule has 3 aromatic rings. The summed E-state index contributed by atoms with van der Waals surface area (Å²) in [6, 6.07) is 4.13. The Morgan fingerprint density at radius 3 is 2.61 bits per heavy atom. The van der Waals surface area contributed by atoms with Crippen molar-refractivity contribution in [3.8, 4) is 11.4 Å². The summed E-state index contributed by atoms with van der Waals surface area (Å²) in [6.07, 6.45) is 5.93. The summed E-state index contributed by atoms with van der Waals surface area (Å²) in [5.41, 5.74) is 2.54. The highest BCUT2D eigenvalue weighted by Crippen LogP contribution is 2.30. The van der Waals surface area contributed by atoms with Crippen LogP contribution in [0.15, 0.2) is 30.7 Å². The molecule has 1 aliphatic rings. The van der Waals surface area contributed by atoms with Gasteiger partial charge in [-0.3, -0.25) is 4.79 Å². The van der Waals surface area contributed by atoms with Gasteiger partial charge in [0.25, 0.3) is 5.91 Å². The van der Waals surface area contributed by atoms with Crippen LogP contribution in [0.1, 0.15) is 42.6 Å². The minimum Gasteiger partial charge on any atom is -0.336 e. The lowest BCUT2D eigenvalue weighted by Crippen LogP contribution is -2.34. The number of carbonyl (C=O) groups is 1. The van der Waals surface area contributed by atoms with Crippen molar-refractivity contribution in [2.24, 2.45) is 0 Å². The van der Waals surface area contributed by atoms with Crippen molar-refractivity contribution in [3.63, 3.8) is 0 Å². The van der Waals surface area contributed by atoms with Crippen LogP contribution in [0.5, 0.6) is 0 Å². The second-order valence-electron chi connectivity index (χ2n) is 8.76. The highest BCUT2D eigenvalue weighted by Gasteiger charge is 2.28. The van der Waals surface area contributed by atoms with E-state index >= 15 is 0 Å². The molecule has 1 fully saturated rings. The minimum absolute atomic E-state index is 0.0479. The molecule has 1 N–H and O–H groups in total. The molecular formula is C23H29ClN8O. The maximum atomic E-state index is 12.8. The number of nitrogens with zero attached hydrogens (tertiary/aromatic N) is 7. The quantitative estimate of drug-likeness (QED) is 0.588. The second-order valence-corrected chi connectivity index (χ2v) is 9.17. The number of likely N-dealkylation sites (N-methyl/N-ethyl adjacent to an activating group) is 1. The molecule has 174 valence electrons. The molecule has 0 unspecified atom stereocenters.